The maximum Gasteiger partial charge on any atom is 0.314 e. The van der Waals surface area contributed by atoms with E-state index < -0.39 is 17.5 Å². The second kappa shape index (κ2) is 7.17. The van der Waals surface area contributed by atoms with Crippen molar-refractivity contribution in [3.8, 4) is 5.75 Å². The van der Waals surface area contributed by atoms with Crippen LogP contribution in [0.15, 0.2) is 36.7 Å². The molecule has 1 fully saturated rings. The number of H-pyrrole nitrogens is 1. The van der Waals surface area contributed by atoms with Crippen LogP contribution in [-0.4, -0.2) is 63.5 Å². The zero-order chi connectivity index (χ0) is 18.7. The topological polar surface area (TPSA) is 116 Å². The summed E-state index contributed by atoms with van der Waals surface area (Å²) in [5.74, 6) is -0.820. The van der Waals surface area contributed by atoms with E-state index in [1.54, 1.807) is 24.3 Å². The smallest absolute Gasteiger partial charge is 0.314 e. The molecule has 1 aromatic heterocycles. The predicted octanol–water partition coefficient (Wildman–Crippen LogP) is 0.939. The lowest BCUT2D eigenvalue weighted by molar-refractivity contribution is -0.161. The first-order valence-corrected chi connectivity index (χ1v) is 8.29. The van der Waals surface area contributed by atoms with Crippen molar-refractivity contribution in [3.05, 3.63) is 47.8 Å². The fourth-order valence-corrected chi connectivity index (χ4v) is 3.41. The number of hydrogen-bond donors (Lipinski definition) is 3. The minimum Gasteiger partial charge on any atom is -0.497 e. The number of benzene rings is 1. The molecule has 1 aliphatic rings. The summed E-state index contributed by atoms with van der Waals surface area (Å²) >= 11 is 0. The SMILES string of the molecule is COc1cccc(C[C@@]2(C(=O)O)CN(C(=O)c3cn[nH]c3)CC[C@H]2O)c1. The summed E-state index contributed by atoms with van der Waals surface area (Å²) in [7, 11) is 1.53. The van der Waals surface area contributed by atoms with Gasteiger partial charge in [-0.25, -0.2) is 0 Å². The van der Waals surface area contributed by atoms with Gasteiger partial charge in [0.15, 0.2) is 0 Å². The highest BCUT2D eigenvalue weighted by molar-refractivity contribution is 5.94. The lowest BCUT2D eigenvalue weighted by atomic mass is 9.72. The second-order valence-corrected chi connectivity index (χ2v) is 6.51. The van der Waals surface area contributed by atoms with Gasteiger partial charge in [0.2, 0.25) is 0 Å². The number of carbonyl (C=O) groups excluding carboxylic acids is 1. The molecule has 2 heterocycles. The number of nitrogens with one attached hydrogen (secondary N) is 1. The van der Waals surface area contributed by atoms with Crippen molar-refractivity contribution in [2.24, 2.45) is 5.41 Å². The zero-order valence-electron chi connectivity index (χ0n) is 14.4. The number of aliphatic hydroxyl groups is 1. The van der Waals surface area contributed by atoms with Crippen molar-refractivity contribution in [1.82, 2.24) is 15.1 Å². The number of nitrogens with zero attached hydrogens (tertiary/aromatic N) is 2. The maximum atomic E-state index is 12.6. The molecule has 0 saturated carbocycles. The lowest BCUT2D eigenvalue weighted by Gasteiger charge is -2.43. The molecule has 0 radical (unpaired) electrons. The summed E-state index contributed by atoms with van der Waals surface area (Å²) in [6, 6.07) is 7.07. The number of rotatable bonds is 5. The number of aromatic nitrogens is 2. The molecule has 1 amide bonds. The standard InChI is InChI=1S/C18H21N3O5/c1-26-14-4-2-3-12(7-14)8-18(17(24)25)11-21(6-5-15(18)22)16(23)13-9-19-20-10-13/h2-4,7,9-10,15,22H,5-6,8,11H2,1H3,(H,19,20)(H,24,25)/t15-,18-/m1/s1. The molecule has 26 heavy (non-hydrogen) atoms. The fraction of sp³-hybridized carbons (Fsp3) is 0.389. The Morgan fingerprint density at radius 3 is 2.92 bits per heavy atom. The average Bonchev–Trinajstić information content (AvgIpc) is 3.17. The minimum absolute atomic E-state index is 0.0786. The van der Waals surface area contributed by atoms with Gasteiger partial charge in [-0.05, 0) is 30.5 Å². The Morgan fingerprint density at radius 1 is 1.46 bits per heavy atom. The number of methoxy groups -OCH3 is 1. The van der Waals surface area contributed by atoms with E-state index in [0.717, 1.165) is 5.56 Å². The molecular weight excluding hydrogens is 338 g/mol. The van der Waals surface area contributed by atoms with E-state index in [1.807, 2.05) is 0 Å². The number of carboxylic acids is 1. The lowest BCUT2D eigenvalue weighted by Crippen LogP contribution is -2.58. The Bertz CT molecular complexity index is 792. The maximum absolute atomic E-state index is 12.6. The van der Waals surface area contributed by atoms with E-state index in [-0.39, 0.29) is 25.3 Å². The zero-order valence-corrected chi connectivity index (χ0v) is 14.4. The number of carbonyl (C=O) groups is 2. The Balaban J connectivity index is 1.89. The third-order valence-corrected chi connectivity index (χ3v) is 4.90. The quantitative estimate of drug-likeness (QED) is 0.732. The van der Waals surface area contributed by atoms with Crippen LogP contribution in [0.25, 0.3) is 0 Å². The molecule has 3 rings (SSSR count). The van der Waals surface area contributed by atoms with E-state index in [1.165, 1.54) is 24.4 Å². The van der Waals surface area contributed by atoms with Crippen molar-refractivity contribution < 1.29 is 24.5 Å². The minimum atomic E-state index is -1.48. The van der Waals surface area contributed by atoms with Gasteiger partial charge in [0.25, 0.3) is 5.91 Å². The second-order valence-electron chi connectivity index (χ2n) is 6.51. The first-order chi connectivity index (χ1) is 12.5. The Kier molecular flexibility index (Phi) is 4.94. The number of aliphatic hydroxyl groups excluding tert-OH is 1. The molecule has 0 bridgehead atoms. The molecule has 1 aliphatic heterocycles. The molecule has 0 aliphatic carbocycles. The van der Waals surface area contributed by atoms with Gasteiger partial charge in [-0.1, -0.05) is 12.1 Å². The molecule has 138 valence electrons. The third-order valence-electron chi connectivity index (χ3n) is 4.90. The molecule has 1 aromatic carbocycles. The van der Waals surface area contributed by atoms with Crippen LogP contribution in [0.5, 0.6) is 5.75 Å². The van der Waals surface area contributed by atoms with E-state index in [0.29, 0.717) is 17.9 Å². The molecule has 2 atom stereocenters. The molecule has 1 saturated heterocycles. The number of aliphatic carboxylic acids is 1. The summed E-state index contributed by atoms with van der Waals surface area (Å²) in [4.78, 5) is 26.2. The highest BCUT2D eigenvalue weighted by atomic mass is 16.5. The normalized spacial score (nSPS) is 22.8. The third kappa shape index (κ3) is 3.28. The van der Waals surface area contributed by atoms with Crippen LogP contribution in [0.1, 0.15) is 22.3 Å². The van der Waals surface area contributed by atoms with E-state index in [9.17, 15) is 19.8 Å². The number of amides is 1. The molecule has 0 unspecified atom stereocenters. The van der Waals surface area contributed by atoms with Gasteiger partial charge < -0.3 is 19.8 Å². The highest BCUT2D eigenvalue weighted by Crippen LogP contribution is 2.36. The van der Waals surface area contributed by atoms with Crippen molar-refractivity contribution >= 4 is 11.9 Å². The number of hydrogen-bond acceptors (Lipinski definition) is 5. The van der Waals surface area contributed by atoms with Crippen LogP contribution in [0.3, 0.4) is 0 Å². The number of piperidine rings is 1. The summed E-state index contributed by atoms with van der Waals surface area (Å²) in [5.41, 5.74) is -0.394. The van der Waals surface area contributed by atoms with Gasteiger partial charge >= 0.3 is 5.97 Å². The number of ether oxygens (including phenoxy) is 1. The van der Waals surface area contributed by atoms with Crippen molar-refractivity contribution in [2.75, 3.05) is 20.2 Å². The van der Waals surface area contributed by atoms with Gasteiger partial charge in [-0.3, -0.25) is 14.7 Å². The van der Waals surface area contributed by atoms with Crippen molar-refractivity contribution in [3.63, 3.8) is 0 Å². The number of aromatic amines is 1. The highest BCUT2D eigenvalue weighted by Gasteiger charge is 2.50. The van der Waals surface area contributed by atoms with Crippen LogP contribution in [-0.2, 0) is 11.2 Å². The van der Waals surface area contributed by atoms with Crippen LogP contribution >= 0.6 is 0 Å². The van der Waals surface area contributed by atoms with Crippen molar-refractivity contribution in [2.45, 2.75) is 18.9 Å². The molecule has 3 N–H and O–H groups in total. The summed E-state index contributed by atoms with van der Waals surface area (Å²) in [5, 5.41) is 26.8. The molecule has 0 spiro atoms. The summed E-state index contributed by atoms with van der Waals surface area (Å²) < 4.78 is 5.19. The van der Waals surface area contributed by atoms with Crippen LogP contribution in [0.2, 0.25) is 0 Å². The molecular formula is C18H21N3O5. The van der Waals surface area contributed by atoms with E-state index in [2.05, 4.69) is 10.2 Å². The molecule has 8 nitrogen and oxygen atoms in total. The van der Waals surface area contributed by atoms with Gasteiger partial charge in [-0.15, -0.1) is 0 Å². The van der Waals surface area contributed by atoms with E-state index >= 15 is 0 Å². The van der Waals surface area contributed by atoms with Crippen molar-refractivity contribution in [1.29, 1.82) is 0 Å². The number of carboxylic acid groups (broad SMARTS) is 1. The summed E-state index contributed by atoms with van der Waals surface area (Å²) in [6.07, 6.45) is 2.10. The van der Waals surface area contributed by atoms with Gasteiger partial charge in [0.1, 0.15) is 11.2 Å². The fourth-order valence-electron chi connectivity index (χ4n) is 3.41. The van der Waals surface area contributed by atoms with Crippen LogP contribution in [0, 0.1) is 5.41 Å². The van der Waals surface area contributed by atoms with Gasteiger partial charge in [-0.2, -0.15) is 5.10 Å². The van der Waals surface area contributed by atoms with Crippen LogP contribution in [0.4, 0.5) is 0 Å². The number of likely N-dealkylation sites (tertiary alicyclic amines) is 1. The first-order valence-electron chi connectivity index (χ1n) is 8.29. The Labute approximate surface area is 150 Å². The Hall–Kier alpha value is -2.87. The largest absolute Gasteiger partial charge is 0.497 e. The van der Waals surface area contributed by atoms with Gasteiger partial charge in [0, 0.05) is 19.3 Å². The van der Waals surface area contributed by atoms with Crippen LogP contribution < -0.4 is 4.74 Å². The predicted molar refractivity (Wildman–Crippen MR) is 91.9 cm³/mol. The Morgan fingerprint density at radius 2 is 2.27 bits per heavy atom. The summed E-state index contributed by atoms with van der Waals surface area (Å²) in [6.45, 7) is 0.211. The molecule has 2 aromatic rings. The molecule has 8 heteroatoms. The monoisotopic (exact) mass is 359 g/mol. The average molecular weight is 359 g/mol. The first kappa shape index (κ1) is 17.9. The van der Waals surface area contributed by atoms with Gasteiger partial charge in [0.05, 0.1) is 25.0 Å². The van der Waals surface area contributed by atoms with E-state index in [4.69, 9.17) is 4.74 Å².